The molecule has 6 heteroatoms. The van der Waals surface area contributed by atoms with Crippen molar-refractivity contribution in [2.45, 2.75) is 12.5 Å². The summed E-state index contributed by atoms with van der Waals surface area (Å²) in [4.78, 5) is 17.2. The van der Waals surface area contributed by atoms with Gasteiger partial charge in [-0.2, -0.15) is 11.8 Å². The lowest BCUT2D eigenvalue weighted by Crippen LogP contribution is -2.46. The van der Waals surface area contributed by atoms with E-state index in [-0.39, 0.29) is 11.9 Å². The number of hydrogen-bond donors (Lipinski definition) is 0. The Hall–Kier alpha value is -1.40. The van der Waals surface area contributed by atoms with Gasteiger partial charge in [0.1, 0.15) is 11.5 Å². The summed E-state index contributed by atoms with van der Waals surface area (Å²) in [6, 6.07) is 5.59. The predicted octanol–water partition coefficient (Wildman–Crippen LogP) is 2.21. The molecule has 1 saturated heterocycles. The summed E-state index contributed by atoms with van der Waals surface area (Å²) in [7, 11) is 7.29. The maximum atomic E-state index is 13.1. The molecule has 1 heterocycles. The molecule has 0 aromatic heterocycles. The van der Waals surface area contributed by atoms with Crippen LogP contribution < -0.4 is 9.47 Å². The van der Waals surface area contributed by atoms with Crippen molar-refractivity contribution in [2.75, 3.05) is 52.9 Å². The molecule has 0 bridgehead atoms. The monoisotopic (exact) mass is 338 g/mol. The molecule has 0 aliphatic carbocycles. The van der Waals surface area contributed by atoms with Gasteiger partial charge in [-0.1, -0.05) is 0 Å². The van der Waals surface area contributed by atoms with Crippen LogP contribution in [0.25, 0.3) is 0 Å². The molecule has 5 nitrogen and oxygen atoms in total. The predicted molar refractivity (Wildman–Crippen MR) is 94.9 cm³/mol. The van der Waals surface area contributed by atoms with Crippen LogP contribution in [0.5, 0.6) is 11.5 Å². The van der Waals surface area contributed by atoms with Gasteiger partial charge >= 0.3 is 0 Å². The van der Waals surface area contributed by atoms with Gasteiger partial charge in [-0.25, -0.2) is 0 Å². The lowest BCUT2D eigenvalue weighted by atomic mass is 10.1. The summed E-state index contributed by atoms with van der Waals surface area (Å²) in [5, 5.41) is 0. The fraction of sp³-hybridized carbons (Fsp3) is 0.588. The zero-order valence-corrected chi connectivity index (χ0v) is 15.2. The average molecular weight is 338 g/mol. The van der Waals surface area contributed by atoms with Gasteiger partial charge in [-0.05, 0) is 38.4 Å². The highest BCUT2D eigenvalue weighted by Crippen LogP contribution is 2.27. The SMILES string of the molecule is COc1ccc(C(=O)N2CCCSCC2CN(C)C)c(OC)c1. The fourth-order valence-electron chi connectivity index (χ4n) is 2.80. The van der Waals surface area contributed by atoms with Gasteiger partial charge in [0.15, 0.2) is 0 Å². The summed E-state index contributed by atoms with van der Waals surface area (Å²) in [5.74, 6) is 3.37. The topological polar surface area (TPSA) is 42.0 Å². The van der Waals surface area contributed by atoms with Crippen molar-refractivity contribution in [3.8, 4) is 11.5 Å². The van der Waals surface area contributed by atoms with Crippen LogP contribution in [0, 0.1) is 0 Å². The van der Waals surface area contributed by atoms with Crippen LogP contribution in [0.3, 0.4) is 0 Å². The van der Waals surface area contributed by atoms with E-state index in [4.69, 9.17) is 9.47 Å². The Bertz CT molecular complexity index is 537. The number of nitrogens with zero attached hydrogens (tertiary/aromatic N) is 2. The van der Waals surface area contributed by atoms with E-state index >= 15 is 0 Å². The van der Waals surface area contributed by atoms with Crippen LogP contribution in [0.1, 0.15) is 16.8 Å². The molecule has 23 heavy (non-hydrogen) atoms. The summed E-state index contributed by atoms with van der Waals surface area (Å²) in [5.41, 5.74) is 0.601. The molecule has 1 atom stereocenters. The molecule has 128 valence electrons. The minimum atomic E-state index is 0.0406. The molecule has 0 radical (unpaired) electrons. The van der Waals surface area contributed by atoms with Crippen molar-refractivity contribution < 1.29 is 14.3 Å². The first kappa shape index (κ1) is 17.9. The Labute approximate surface area is 142 Å². The first-order valence-electron chi connectivity index (χ1n) is 7.82. The third-order valence-corrected chi connectivity index (χ3v) is 5.11. The fourth-order valence-corrected chi connectivity index (χ4v) is 3.86. The average Bonchev–Trinajstić information content (AvgIpc) is 2.78. The smallest absolute Gasteiger partial charge is 0.257 e. The standard InChI is InChI=1S/C17H26N2O3S/c1-18(2)11-13-12-23-9-5-8-19(13)17(20)15-7-6-14(21-3)10-16(15)22-4/h6-7,10,13H,5,8-9,11-12H2,1-4H3. The summed E-state index contributed by atoms with van der Waals surface area (Å²) in [6.45, 7) is 1.66. The van der Waals surface area contributed by atoms with Crippen molar-refractivity contribution in [1.82, 2.24) is 9.80 Å². The van der Waals surface area contributed by atoms with E-state index in [0.29, 0.717) is 17.1 Å². The number of carbonyl (C=O) groups excluding carboxylic acids is 1. The third-order valence-electron chi connectivity index (χ3n) is 3.91. The number of hydrogen-bond acceptors (Lipinski definition) is 5. The number of amides is 1. The molecule has 1 unspecified atom stereocenters. The molecule has 2 rings (SSSR count). The minimum Gasteiger partial charge on any atom is -0.497 e. The van der Waals surface area contributed by atoms with E-state index in [0.717, 1.165) is 31.0 Å². The van der Waals surface area contributed by atoms with Crippen LogP contribution in [0.4, 0.5) is 0 Å². The third kappa shape index (κ3) is 4.54. The summed E-state index contributed by atoms with van der Waals surface area (Å²) < 4.78 is 10.6. The zero-order chi connectivity index (χ0) is 16.8. The summed E-state index contributed by atoms with van der Waals surface area (Å²) in [6.07, 6.45) is 1.03. The molecule has 1 aromatic rings. The van der Waals surface area contributed by atoms with E-state index in [9.17, 15) is 4.79 Å². The van der Waals surface area contributed by atoms with Crippen molar-refractivity contribution in [2.24, 2.45) is 0 Å². The van der Waals surface area contributed by atoms with Crippen molar-refractivity contribution in [3.05, 3.63) is 23.8 Å². The Kier molecular flexibility index (Phi) is 6.59. The molecule has 1 aliphatic rings. The number of methoxy groups -OCH3 is 2. The lowest BCUT2D eigenvalue weighted by molar-refractivity contribution is 0.0672. The Morgan fingerprint density at radius 1 is 1.35 bits per heavy atom. The molecule has 1 fully saturated rings. The summed E-state index contributed by atoms with van der Waals surface area (Å²) >= 11 is 1.93. The molecule has 0 spiro atoms. The van der Waals surface area contributed by atoms with Gasteiger partial charge in [0.05, 0.1) is 25.8 Å². The number of benzene rings is 1. The van der Waals surface area contributed by atoms with Crippen LogP contribution in [-0.4, -0.2) is 74.7 Å². The second-order valence-electron chi connectivity index (χ2n) is 5.91. The van der Waals surface area contributed by atoms with Crippen molar-refractivity contribution in [3.63, 3.8) is 0 Å². The lowest BCUT2D eigenvalue weighted by Gasteiger charge is -2.32. The molecule has 1 aromatic carbocycles. The molecular formula is C17H26N2O3S. The van der Waals surface area contributed by atoms with E-state index < -0.39 is 0 Å². The van der Waals surface area contributed by atoms with Gasteiger partial charge in [0, 0.05) is 24.9 Å². The van der Waals surface area contributed by atoms with Crippen LogP contribution in [-0.2, 0) is 0 Å². The second kappa shape index (κ2) is 8.45. The zero-order valence-electron chi connectivity index (χ0n) is 14.4. The number of carbonyl (C=O) groups is 1. The van der Waals surface area contributed by atoms with Crippen LogP contribution >= 0.6 is 11.8 Å². The molecule has 0 saturated carbocycles. The van der Waals surface area contributed by atoms with Crippen molar-refractivity contribution >= 4 is 17.7 Å². The molecule has 1 aliphatic heterocycles. The van der Waals surface area contributed by atoms with Gasteiger partial charge in [0.2, 0.25) is 0 Å². The number of likely N-dealkylation sites (N-methyl/N-ethyl adjacent to an activating group) is 1. The van der Waals surface area contributed by atoms with E-state index in [1.165, 1.54) is 0 Å². The highest BCUT2D eigenvalue weighted by Gasteiger charge is 2.28. The number of ether oxygens (including phenoxy) is 2. The van der Waals surface area contributed by atoms with Gasteiger partial charge in [0.25, 0.3) is 5.91 Å². The first-order chi connectivity index (χ1) is 11.1. The van der Waals surface area contributed by atoms with Crippen molar-refractivity contribution in [1.29, 1.82) is 0 Å². The van der Waals surface area contributed by atoms with Gasteiger partial charge < -0.3 is 19.3 Å². The highest BCUT2D eigenvalue weighted by atomic mass is 32.2. The van der Waals surface area contributed by atoms with Gasteiger partial charge in [-0.3, -0.25) is 4.79 Å². The van der Waals surface area contributed by atoms with E-state index in [2.05, 4.69) is 4.90 Å². The van der Waals surface area contributed by atoms with Crippen LogP contribution in [0.15, 0.2) is 18.2 Å². The normalized spacial score (nSPS) is 18.7. The maximum absolute atomic E-state index is 13.1. The highest BCUT2D eigenvalue weighted by molar-refractivity contribution is 7.99. The quantitative estimate of drug-likeness (QED) is 0.823. The van der Waals surface area contributed by atoms with E-state index in [1.807, 2.05) is 36.8 Å². The Morgan fingerprint density at radius 2 is 2.13 bits per heavy atom. The molecule has 1 amide bonds. The molecule has 0 N–H and O–H groups in total. The minimum absolute atomic E-state index is 0.0406. The molecular weight excluding hydrogens is 312 g/mol. The maximum Gasteiger partial charge on any atom is 0.257 e. The number of rotatable bonds is 5. The Balaban J connectivity index is 2.28. The number of thioether (sulfide) groups is 1. The second-order valence-corrected chi connectivity index (χ2v) is 7.06. The first-order valence-corrected chi connectivity index (χ1v) is 8.97. The Morgan fingerprint density at radius 3 is 2.78 bits per heavy atom. The van der Waals surface area contributed by atoms with Gasteiger partial charge in [-0.15, -0.1) is 0 Å². The van der Waals surface area contributed by atoms with Crippen LogP contribution in [0.2, 0.25) is 0 Å². The largest absolute Gasteiger partial charge is 0.497 e. The van der Waals surface area contributed by atoms with E-state index in [1.54, 1.807) is 26.4 Å².